The number of hydrogen-bond donors (Lipinski definition) is 6. The second kappa shape index (κ2) is 11.0. The molecule has 0 aliphatic rings. The largest absolute Gasteiger partial charge is 0.480 e. The topological polar surface area (TPSA) is 202 Å². The van der Waals surface area contributed by atoms with Gasteiger partial charge < -0.3 is 32.3 Å². The van der Waals surface area contributed by atoms with Gasteiger partial charge in [-0.05, 0) is 18.8 Å². The number of carboxylic acids is 2. The summed E-state index contributed by atoms with van der Waals surface area (Å²) in [6.07, 6.45) is -0.705. The Morgan fingerprint density at radius 2 is 1.50 bits per heavy atom. The van der Waals surface area contributed by atoms with Crippen molar-refractivity contribution in [2.45, 2.75) is 57.7 Å². The van der Waals surface area contributed by atoms with Gasteiger partial charge in [-0.15, -0.1) is 0 Å². The van der Waals surface area contributed by atoms with Crippen LogP contribution in [0.5, 0.6) is 0 Å². The summed E-state index contributed by atoms with van der Waals surface area (Å²) in [5, 5.41) is 22.5. The molecule has 148 valence electrons. The zero-order chi connectivity index (χ0) is 20.4. The van der Waals surface area contributed by atoms with Crippen molar-refractivity contribution in [3.05, 3.63) is 0 Å². The van der Waals surface area contributed by atoms with Crippen LogP contribution in [-0.4, -0.2) is 58.0 Å². The van der Waals surface area contributed by atoms with E-state index in [1.165, 1.54) is 0 Å². The number of carbonyl (C=O) groups is 5. The molecule has 0 fully saturated rings. The van der Waals surface area contributed by atoms with Gasteiger partial charge in [-0.1, -0.05) is 13.8 Å². The Morgan fingerprint density at radius 3 is 1.92 bits per heavy atom. The Bertz CT molecular complexity index is 550. The highest BCUT2D eigenvalue weighted by atomic mass is 16.4. The van der Waals surface area contributed by atoms with Crippen LogP contribution in [0.4, 0.5) is 0 Å². The summed E-state index contributed by atoms with van der Waals surface area (Å²) in [7, 11) is 0. The SMILES string of the molecule is CC(C)[C@H](NC(=O)CC[C@H](N)C(=O)O)C(=O)N[C@@H](CCC(N)=O)C(=O)O. The fourth-order valence-corrected chi connectivity index (χ4v) is 2.00. The van der Waals surface area contributed by atoms with Crippen LogP contribution in [0, 0.1) is 5.92 Å². The molecule has 0 aliphatic heterocycles. The van der Waals surface area contributed by atoms with Gasteiger partial charge in [0, 0.05) is 12.8 Å². The Hall–Kier alpha value is -2.69. The van der Waals surface area contributed by atoms with E-state index in [9.17, 15) is 24.0 Å². The first-order valence-corrected chi connectivity index (χ1v) is 8.04. The fraction of sp³-hybridized carbons (Fsp3) is 0.667. The average Bonchev–Trinajstić information content (AvgIpc) is 2.52. The first-order valence-electron chi connectivity index (χ1n) is 8.04. The molecule has 0 bridgehead atoms. The quantitative estimate of drug-likeness (QED) is 0.228. The lowest BCUT2D eigenvalue weighted by Crippen LogP contribution is -2.54. The number of hydrogen-bond acceptors (Lipinski definition) is 6. The van der Waals surface area contributed by atoms with Gasteiger partial charge in [0.15, 0.2) is 0 Å². The Balaban J connectivity index is 4.82. The van der Waals surface area contributed by atoms with Crippen molar-refractivity contribution < 1.29 is 34.2 Å². The highest BCUT2D eigenvalue weighted by Gasteiger charge is 2.29. The normalized spacial score (nSPS) is 14.2. The van der Waals surface area contributed by atoms with Crippen LogP contribution in [0.2, 0.25) is 0 Å². The average molecular weight is 374 g/mol. The number of primary amides is 1. The first kappa shape index (κ1) is 23.3. The second-order valence-electron chi connectivity index (χ2n) is 6.18. The van der Waals surface area contributed by atoms with Gasteiger partial charge >= 0.3 is 11.9 Å². The van der Waals surface area contributed by atoms with E-state index in [-0.39, 0.29) is 31.6 Å². The maximum Gasteiger partial charge on any atom is 0.326 e. The standard InChI is InChI=1S/C15H26N4O7/c1-7(2)12(19-11(21)6-3-8(16)14(23)24)13(22)18-9(15(25)26)4-5-10(17)20/h7-9,12H,3-6,16H2,1-2H3,(H2,17,20)(H,18,22)(H,19,21)(H,23,24)(H,25,26)/t8-,9-,12-/m0/s1. The van der Waals surface area contributed by atoms with Gasteiger partial charge in [-0.3, -0.25) is 19.2 Å². The summed E-state index contributed by atoms with van der Waals surface area (Å²) in [5.41, 5.74) is 10.3. The highest BCUT2D eigenvalue weighted by molar-refractivity contribution is 5.91. The van der Waals surface area contributed by atoms with E-state index < -0.39 is 47.8 Å². The van der Waals surface area contributed by atoms with E-state index in [2.05, 4.69) is 10.6 Å². The van der Waals surface area contributed by atoms with Gasteiger partial charge in [0.2, 0.25) is 17.7 Å². The number of nitrogens with one attached hydrogen (secondary N) is 2. The van der Waals surface area contributed by atoms with Crippen LogP contribution in [0.3, 0.4) is 0 Å². The number of aliphatic carboxylic acids is 2. The summed E-state index contributed by atoms with van der Waals surface area (Å²) in [6.45, 7) is 3.29. The number of rotatable bonds is 12. The third-order valence-electron chi connectivity index (χ3n) is 3.56. The molecule has 11 nitrogen and oxygen atoms in total. The number of carbonyl (C=O) groups excluding carboxylic acids is 3. The molecule has 0 aromatic heterocycles. The second-order valence-corrected chi connectivity index (χ2v) is 6.18. The van der Waals surface area contributed by atoms with Crippen molar-refractivity contribution in [1.29, 1.82) is 0 Å². The Kier molecular flexibility index (Phi) is 9.89. The predicted molar refractivity (Wildman–Crippen MR) is 89.6 cm³/mol. The molecule has 0 aromatic carbocycles. The van der Waals surface area contributed by atoms with Gasteiger partial charge in [0.25, 0.3) is 0 Å². The van der Waals surface area contributed by atoms with Crippen molar-refractivity contribution >= 4 is 29.7 Å². The summed E-state index contributed by atoms with van der Waals surface area (Å²) < 4.78 is 0. The minimum Gasteiger partial charge on any atom is -0.480 e. The van der Waals surface area contributed by atoms with Gasteiger partial charge in [-0.2, -0.15) is 0 Å². The van der Waals surface area contributed by atoms with Gasteiger partial charge in [0.05, 0.1) is 0 Å². The molecule has 0 aliphatic carbocycles. The lowest BCUT2D eigenvalue weighted by atomic mass is 10.0. The van der Waals surface area contributed by atoms with Crippen molar-refractivity contribution in [2.75, 3.05) is 0 Å². The fourth-order valence-electron chi connectivity index (χ4n) is 2.00. The van der Waals surface area contributed by atoms with Crippen molar-refractivity contribution in [1.82, 2.24) is 10.6 Å². The molecule has 0 heterocycles. The minimum absolute atomic E-state index is 0.107. The summed E-state index contributed by atoms with van der Waals surface area (Å²) in [4.78, 5) is 56.8. The third-order valence-corrected chi connectivity index (χ3v) is 3.56. The van der Waals surface area contributed by atoms with Crippen molar-refractivity contribution in [3.8, 4) is 0 Å². The number of carboxylic acid groups (broad SMARTS) is 2. The van der Waals surface area contributed by atoms with Crippen LogP contribution in [0.25, 0.3) is 0 Å². The number of nitrogens with two attached hydrogens (primary N) is 2. The molecule has 3 atom stereocenters. The van der Waals surface area contributed by atoms with Crippen LogP contribution in [0.1, 0.15) is 39.5 Å². The summed E-state index contributed by atoms with van der Waals surface area (Å²) in [6, 6.07) is -3.55. The van der Waals surface area contributed by atoms with E-state index in [0.29, 0.717) is 0 Å². The van der Waals surface area contributed by atoms with E-state index >= 15 is 0 Å². The first-order chi connectivity index (χ1) is 12.0. The zero-order valence-corrected chi connectivity index (χ0v) is 14.7. The van der Waals surface area contributed by atoms with E-state index in [1.807, 2.05) is 0 Å². The van der Waals surface area contributed by atoms with E-state index in [1.54, 1.807) is 13.8 Å². The molecular formula is C15H26N4O7. The molecule has 0 saturated carbocycles. The van der Waals surface area contributed by atoms with E-state index in [0.717, 1.165) is 0 Å². The summed E-state index contributed by atoms with van der Waals surface area (Å²) >= 11 is 0. The zero-order valence-electron chi connectivity index (χ0n) is 14.7. The Labute approximate surface area is 150 Å². The molecule has 0 aromatic rings. The molecule has 0 unspecified atom stereocenters. The lowest BCUT2D eigenvalue weighted by Gasteiger charge is -2.24. The molecule has 11 heteroatoms. The van der Waals surface area contributed by atoms with Crippen LogP contribution in [0.15, 0.2) is 0 Å². The monoisotopic (exact) mass is 374 g/mol. The lowest BCUT2D eigenvalue weighted by molar-refractivity contribution is -0.142. The van der Waals surface area contributed by atoms with Gasteiger partial charge in [0.1, 0.15) is 18.1 Å². The smallest absolute Gasteiger partial charge is 0.326 e. The molecular weight excluding hydrogens is 348 g/mol. The molecule has 3 amide bonds. The maximum absolute atomic E-state index is 12.3. The van der Waals surface area contributed by atoms with Crippen LogP contribution < -0.4 is 22.1 Å². The molecule has 0 radical (unpaired) electrons. The third kappa shape index (κ3) is 8.97. The molecule has 8 N–H and O–H groups in total. The predicted octanol–water partition coefficient (Wildman–Crippen LogP) is -1.85. The molecule has 0 saturated heterocycles. The van der Waals surface area contributed by atoms with Gasteiger partial charge in [-0.25, -0.2) is 4.79 Å². The molecule has 0 rings (SSSR count). The molecule has 0 spiro atoms. The Morgan fingerprint density at radius 1 is 0.923 bits per heavy atom. The highest BCUT2D eigenvalue weighted by Crippen LogP contribution is 2.06. The van der Waals surface area contributed by atoms with Crippen LogP contribution in [-0.2, 0) is 24.0 Å². The number of amides is 3. The van der Waals surface area contributed by atoms with Crippen molar-refractivity contribution in [3.63, 3.8) is 0 Å². The molecule has 26 heavy (non-hydrogen) atoms. The summed E-state index contributed by atoms with van der Waals surface area (Å²) in [5.74, 6) is -4.95. The minimum atomic E-state index is -1.33. The van der Waals surface area contributed by atoms with Crippen molar-refractivity contribution in [2.24, 2.45) is 17.4 Å². The van der Waals surface area contributed by atoms with E-state index in [4.69, 9.17) is 21.7 Å². The maximum atomic E-state index is 12.3. The van der Waals surface area contributed by atoms with Crippen LogP contribution >= 0.6 is 0 Å².